The molecule has 3 fully saturated rings. The van der Waals surface area contributed by atoms with Gasteiger partial charge in [0.2, 0.25) is 0 Å². The van der Waals surface area contributed by atoms with E-state index in [2.05, 4.69) is 5.32 Å². The molecule has 1 aliphatic heterocycles. The van der Waals surface area contributed by atoms with Crippen LogP contribution in [0.3, 0.4) is 0 Å². The summed E-state index contributed by atoms with van der Waals surface area (Å²) in [5.41, 5.74) is 0.586. The van der Waals surface area contributed by atoms with Gasteiger partial charge in [-0.15, -0.1) is 0 Å². The van der Waals surface area contributed by atoms with Gasteiger partial charge in [-0.05, 0) is 68.0 Å². The van der Waals surface area contributed by atoms with Crippen molar-refractivity contribution in [1.29, 1.82) is 0 Å². The van der Waals surface area contributed by atoms with E-state index in [1.54, 1.807) is 19.2 Å². The molecule has 1 heterocycles. The first kappa shape index (κ1) is 26.1. The highest BCUT2D eigenvalue weighted by Gasteiger charge is 2.58. The molecule has 3 aliphatic rings. The van der Waals surface area contributed by atoms with E-state index >= 15 is 0 Å². The average molecular weight is 514 g/mol. The molecule has 0 aromatic heterocycles. The van der Waals surface area contributed by atoms with E-state index in [4.69, 9.17) is 23.7 Å². The summed E-state index contributed by atoms with van der Waals surface area (Å²) >= 11 is 0. The van der Waals surface area contributed by atoms with Gasteiger partial charge in [0.05, 0.1) is 32.5 Å². The number of ether oxygens (including phenoxy) is 5. The summed E-state index contributed by atoms with van der Waals surface area (Å²) in [4.78, 5) is 13.7. The Morgan fingerprint density at radius 1 is 1.05 bits per heavy atom. The second-order valence-electron chi connectivity index (χ2n) is 10.8. The molecule has 7 nitrogen and oxygen atoms in total. The van der Waals surface area contributed by atoms with Gasteiger partial charge in [0, 0.05) is 19.4 Å². The number of rotatable bonds is 10. The normalized spacial score (nSPS) is 28.5. The van der Waals surface area contributed by atoms with Gasteiger partial charge >= 0.3 is 0 Å². The van der Waals surface area contributed by atoms with Gasteiger partial charge in [0.1, 0.15) is 17.7 Å². The SMILES string of the molecule is COc1cccc(CO[C@]2(C(=O)NCC3CC3)CC(OCc3ccc(F)cc3)[C@@H]3OC(C)(C)O[C@@H]3C2)c1. The molecule has 5 rings (SSSR count). The van der Waals surface area contributed by atoms with Crippen molar-refractivity contribution in [3.8, 4) is 5.75 Å². The maximum atomic E-state index is 13.7. The molecule has 0 radical (unpaired) electrons. The van der Waals surface area contributed by atoms with E-state index in [-0.39, 0.29) is 37.1 Å². The van der Waals surface area contributed by atoms with E-state index in [0.717, 1.165) is 29.7 Å². The molecule has 8 heteroatoms. The van der Waals surface area contributed by atoms with Crippen molar-refractivity contribution < 1.29 is 32.9 Å². The second-order valence-corrected chi connectivity index (χ2v) is 10.8. The number of nitrogens with one attached hydrogen (secondary N) is 1. The van der Waals surface area contributed by atoms with Gasteiger partial charge in [-0.25, -0.2) is 4.39 Å². The zero-order chi connectivity index (χ0) is 26.0. The highest BCUT2D eigenvalue weighted by Crippen LogP contribution is 2.44. The molecule has 2 aliphatic carbocycles. The quantitative estimate of drug-likeness (QED) is 0.504. The minimum atomic E-state index is -1.16. The Balaban J connectivity index is 1.39. The van der Waals surface area contributed by atoms with E-state index in [1.165, 1.54) is 12.1 Å². The van der Waals surface area contributed by atoms with Gasteiger partial charge in [0.25, 0.3) is 5.91 Å². The Bertz CT molecular complexity index is 1090. The number of carbonyl (C=O) groups excluding carboxylic acids is 1. The fourth-order valence-electron chi connectivity index (χ4n) is 5.20. The zero-order valence-corrected chi connectivity index (χ0v) is 21.7. The molecular weight excluding hydrogens is 477 g/mol. The lowest BCUT2D eigenvalue weighted by molar-refractivity contribution is -0.183. The van der Waals surface area contributed by atoms with E-state index < -0.39 is 17.5 Å². The van der Waals surface area contributed by atoms with Crippen molar-refractivity contribution >= 4 is 5.91 Å². The van der Waals surface area contributed by atoms with Crippen LogP contribution >= 0.6 is 0 Å². The number of amides is 1. The predicted octanol–water partition coefficient (Wildman–Crippen LogP) is 4.52. The van der Waals surface area contributed by atoms with Gasteiger partial charge < -0.3 is 29.0 Å². The average Bonchev–Trinajstić information content (AvgIpc) is 3.66. The summed E-state index contributed by atoms with van der Waals surface area (Å²) in [5.74, 6) is 0.00995. The fraction of sp³-hybridized carbons (Fsp3) is 0.552. The lowest BCUT2D eigenvalue weighted by atomic mass is 9.78. The number of benzene rings is 2. The Kier molecular flexibility index (Phi) is 7.54. The van der Waals surface area contributed by atoms with Crippen LogP contribution in [0.1, 0.15) is 50.7 Å². The molecule has 1 saturated heterocycles. The molecule has 0 bridgehead atoms. The van der Waals surface area contributed by atoms with E-state index in [0.29, 0.717) is 25.3 Å². The minimum Gasteiger partial charge on any atom is -0.497 e. The van der Waals surface area contributed by atoms with Crippen molar-refractivity contribution in [1.82, 2.24) is 5.32 Å². The van der Waals surface area contributed by atoms with Crippen LogP contribution in [0.25, 0.3) is 0 Å². The summed E-state index contributed by atoms with van der Waals surface area (Å²) in [7, 11) is 1.62. The molecule has 1 N–H and O–H groups in total. The summed E-state index contributed by atoms with van der Waals surface area (Å²) in [6.45, 7) is 4.87. The van der Waals surface area contributed by atoms with Crippen molar-refractivity contribution in [3.05, 3.63) is 65.5 Å². The summed E-state index contributed by atoms with van der Waals surface area (Å²) in [6, 6.07) is 13.8. The standard InChI is InChI=1S/C29H36FNO6/c1-28(2)36-25-15-29(27(32)31-16-19-7-8-19,35-18-21-5-4-6-23(13-21)33-3)14-24(26(25)37-28)34-17-20-9-11-22(30)12-10-20/h4-6,9-13,19,24-26H,7-8,14-18H2,1-3H3,(H,31,32)/t24?,25-,26+,29-/m1/s1. The topological polar surface area (TPSA) is 75.3 Å². The van der Waals surface area contributed by atoms with Gasteiger partial charge in [-0.3, -0.25) is 4.79 Å². The highest BCUT2D eigenvalue weighted by atomic mass is 19.1. The molecule has 37 heavy (non-hydrogen) atoms. The number of methoxy groups -OCH3 is 1. The van der Waals surface area contributed by atoms with Crippen molar-refractivity contribution in [3.63, 3.8) is 0 Å². The van der Waals surface area contributed by atoms with Crippen molar-refractivity contribution in [2.75, 3.05) is 13.7 Å². The fourth-order valence-corrected chi connectivity index (χ4v) is 5.20. The molecular formula is C29H36FNO6. The van der Waals surface area contributed by atoms with Gasteiger partial charge in [-0.2, -0.15) is 0 Å². The monoisotopic (exact) mass is 513 g/mol. The van der Waals surface area contributed by atoms with Crippen molar-refractivity contribution in [2.24, 2.45) is 5.92 Å². The lowest BCUT2D eigenvalue weighted by Crippen LogP contribution is -2.60. The second kappa shape index (κ2) is 10.7. The van der Waals surface area contributed by atoms with Crippen LogP contribution < -0.4 is 10.1 Å². The van der Waals surface area contributed by atoms with Crippen LogP contribution in [0.15, 0.2) is 48.5 Å². The molecule has 1 amide bonds. The summed E-state index contributed by atoms with van der Waals surface area (Å²) in [5, 5.41) is 3.13. The lowest BCUT2D eigenvalue weighted by Gasteiger charge is -2.43. The van der Waals surface area contributed by atoms with Gasteiger partial charge in [-0.1, -0.05) is 24.3 Å². The van der Waals surface area contributed by atoms with Crippen LogP contribution in [0.5, 0.6) is 5.75 Å². The van der Waals surface area contributed by atoms with E-state index in [9.17, 15) is 9.18 Å². The van der Waals surface area contributed by atoms with Crippen molar-refractivity contribution in [2.45, 2.75) is 82.4 Å². The van der Waals surface area contributed by atoms with Crippen LogP contribution in [-0.2, 0) is 37.0 Å². The van der Waals surface area contributed by atoms with Crippen LogP contribution in [0, 0.1) is 11.7 Å². The van der Waals surface area contributed by atoms with Crippen LogP contribution in [-0.4, -0.2) is 49.3 Å². The summed E-state index contributed by atoms with van der Waals surface area (Å²) < 4.78 is 44.1. The molecule has 4 atom stereocenters. The number of halogens is 1. The maximum Gasteiger partial charge on any atom is 0.252 e. The maximum absolute atomic E-state index is 13.7. The number of hydrogen-bond acceptors (Lipinski definition) is 6. The summed E-state index contributed by atoms with van der Waals surface area (Å²) in [6.07, 6.45) is 1.77. The minimum absolute atomic E-state index is 0.149. The smallest absolute Gasteiger partial charge is 0.252 e. The third kappa shape index (κ3) is 6.32. The third-order valence-electron chi connectivity index (χ3n) is 7.34. The Morgan fingerprint density at radius 2 is 1.84 bits per heavy atom. The highest BCUT2D eigenvalue weighted by molar-refractivity contribution is 5.85. The number of fused-ring (bicyclic) bond motifs is 1. The van der Waals surface area contributed by atoms with Gasteiger partial charge in [0.15, 0.2) is 11.4 Å². The first-order valence-electron chi connectivity index (χ1n) is 13.0. The first-order chi connectivity index (χ1) is 17.7. The Hall–Kier alpha value is -2.52. The number of carbonyl (C=O) groups is 1. The van der Waals surface area contributed by atoms with Crippen LogP contribution in [0.2, 0.25) is 0 Å². The first-order valence-corrected chi connectivity index (χ1v) is 13.0. The molecule has 2 saturated carbocycles. The molecule has 200 valence electrons. The van der Waals surface area contributed by atoms with Crippen LogP contribution in [0.4, 0.5) is 4.39 Å². The molecule has 2 aromatic rings. The zero-order valence-electron chi connectivity index (χ0n) is 21.7. The third-order valence-corrected chi connectivity index (χ3v) is 7.34. The number of hydrogen-bond donors (Lipinski definition) is 1. The Morgan fingerprint density at radius 3 is 2.57 bits per heavy atom. The Labute approximate surface area is 217 Å². The largest absolute Gasteiger partial charge is 0.497 e. The predicted molar refractivity (Wildman–Crippen MR) is 134 cm³/mol. The molecule has 0 spiro atoms. The molecule has 1 unspecified atom stereocenters. The molecule has 2 aromatic carbocycles. The van der Waals surface area contributed by atoms with E-state index in [1.807, 2.05) is 38.1 Å².